The van der Waals surface area contributed by atoms with Gasteiger partial charge in [-0.15, -0.1) is 0 Å². The van der Waals surface area contributed by atoms with Gasteiger partial charge in [-0.05, 0) is 23.8 Å². The van der Waals surface area contributed by atoms with Crippen molar-refractivity contribution >= 4 is 5.78 Å². The van der Waals surface area contributed by atoms with Gasteiger partial charge in [-0.1, -0.05) is 12.1 Å². The van der Waals surface area contributed by atoms with Crippen molar-refractivity contribution in [3.05, 3.63) is 59.4 Å². The molecule has 0 amide bonds. The summed E-state index contributed by atoms with van der Waals surface area (Å²) in [6.45, 7) is 0. The number of halogens is 3. The SMILES string of the molecule is COc1cnccc1C(=O)Cc1ccc(C(F)(F)F)cc1. The maximum absolute atomic E-state index is 12.5. The van der Waals surface area contributed by atoms with Gasteiger partial charge >= 0.3 is 6.18 Å². The van der Waals surface area contributed by atoms with Crippen LogP contribution in [-0.2, 0) is 12.6 Å². The van der Waals surface area contributed by atoms with Crippen molar-refractivity contribution < 1.29 is 22.7 Å². The highest BCUT2D eigenvalue weighted by Gasteiger charge is 2.30. The van der Waals surface area contributed by atoms with E-state index in [0.717, 1.165) is 12.1 Å². The molecule has 0 unspecified atom stereocenters. The minimum atomic E-state index is -4.38. The van der Waals surface area contributed by atoms with E-state index in [0.29, 0.717) is 16.9 Å². The first-order valence-corrected chi connectivity index (χ1v) is 6.09. The molecule has 2 rings (SSSR count). The summed E-state index contributed by atoms with van der Waals surface area (Å²) < 4.78 is 42.4. The number of ketones is 1. The lowest BCUT2D eigenvalue weighted by Crippen LogP contribution is -2.08. The lowest BCUT2D eigenvalue weighted by molar-refractivity contribution is -0.137. The Kier molecular flexibility index (Phi) is 4.26. The van der Waals surface area contributed by atoms with E-state index in [1.165, 1.54) is 37.7 Å². The summed E-state index contributed by atoms with van der Waals surface area (Å²) in [5, 5.41) is 0. The van der Waals surface area contributed by atoms with Gasteiger partial charge in [-0.3, -0.25) is 9.78 Å². The number of aromatic nitrogens is 1. The van der Waals surface area contributed by atoms with Crippen LogP contribution < -0.4 is 4.74 Å². The van der Waals surface area contributed by atoms with Crippen LogP contribution in [0.2, 0.25) is 0 Å². The second kappa shape index (κ2) is 5.95. The van der Waals surface area contributed by atoms with Crippen molar-refractivity contribution in [2.75, 3.05) is 7.11 Å². The quantitative estimate of drug-likeness (QED) is 0.810. The van der Waals surface area contributed by atoms with Crippen LogP contribution in [-0.4, -0.2) is 17.9 Å². The molecule has 0 fully saturated rings. The number of ether oxygens (including phenoxy) is 1. The summed E-state index contributed by atoms with van der Waals surface area (Å²) in [5.41, 5.74) is 0.124. The maximum Gasteiger partial charge on any atom is 0.416 e. The fraction of sp³-hybridized carbons (Fsp3) is 0.200. The smallest absolute Gasteiger partial charge is 0.416 e. The summed E-state index contributed by atoms with van der Waals surface area (Å²) in [6.07, 6.45) is -1.50. The van der Waals surface area contributed by atoms with Crippen molar-refractivity contribution in [1.29, 1.82) is 0 Å². The molecule has 2 aromatic rings. The lowest BCUT2D eigenvalue weighted by atomic mass is 10.0. The van der Waals surface area contributed by atoms with Gasteiger partial charge in [0.1, 0.15) is 5.75 Å². The minimum absolute atomic E-state index is 0.00148. The van der Waals surface area contributed by atoms with Crippen LogP contribution >= 0.6 is 0 Å². The highest BCUT2D eigenvalue weighted by atomic mass is 19.4. The first-order valence-electron chi connectivity index (χ1n) is 6.09. The van der Waals surface area contributed by atoms with Gasteiger partial charge in [0.05, 0.1) is 24.4 Å². The van der Waals surface area contributed by atoms with Crippen LogP contribution in [0, 0.1) is 0 Å². The second-order valence-electron chi connectivity index (χ2n) is 4.37. The van der Waals surface area contributed by atoms with Gasteiger partial charge in [0.25, 0.3) is 0 Å². The molecule has 21 heavy (non-hydrogen) atoms. The standard InChI is InChI=1S/C15H12F3NO2/c1-21-14-9-19-7-6-12(14)13(20)8-10-2-4-11(5-3-10)15(16,17)18/h2-7,9H,8H2,1H3. The minimum Gasteiger partial charge on any atom is -0.494 e. The predicted molar refractivity (Wildman–Crippen MR) is 70.3 cm³/mol. The van der Waals surface area contributed by atoms with Crippen molar-refractivity contribution in [1.82, 2.24) is 4.98 Å². The summed E-state index contributed by atoms with van der Waals surface area (Å²) in [7, 11) is 1.42. The molecule has 110 valence electrons. The van der Waals surface area contributed by atoms with E-state index in [1.54, 1.807) is 0 Å². The largest absolute Gasteiger partial charge is 0.494 e. The first-order chi connectivity index (χ1) is 9.91. The van der Waals surface area contributed by atoms with Gasteiger partial charge < -0.3 is 4.74 Å². The lowest BCUT2D eigenvalue weighted by Gasteiger charge is -2.08. The number of pyridine rings is 1. The highest BCUT2D eigenvalue weighted by molar-refractivity contribution is 5.99. The number of rotatable bonds is 4. The molecule has 1 heterocycles. The molecule has 0 saturated carbocycles. The van der Waals surface area contributed by atoms with Crippen LogP contribution in [0.25, 0.3) is 0 Å². The molecule has 0 bridgehead atoms. The average molecular weight is 295 g/mol. The maximum atomic E-state index is 12.5. The summed E-state index contributed by atoms with van der Waals surface area (Å²) in [5.74, 6) is 0.100. The normalized spacial score (nSPS) is 11.2. The Hall–Kier alpha value is -2.37. The Balaban J connectivity index is 2.16. The molecule has 3 nitrogen and oxygen atoms in total. The fourth-order valence-corrected chi connectivity index (χ4v) is 1.87. The monoisotopic (exact) mass is 295 g/mol. The molecule has 0 atom stereocenters. The van der Waals surface area contributed by atoms with E-state index < -0.39 is 11.7 Å². The van der Waals surface area contributed by atoms with Gasteiger partial charge in [0, 0.05) is 12.6 Å². The Morgan fingerprint density at radius 2 is 1.86 bits per heavy atom. The van der Waals surface area contributed by atoms with Crippen molar-refractivity contribution in [3.8, 4) is 5.75 Å². The van der Waals surface area contributed by atoms with Crippen LogP contribution in [0.4, 0.5) is 13.2 Å². The molecular weight excluding hydrogens is 283 g/mol. The molecule has 0 N–H and O–H groups in total. The number of carbonyl (C=O) groups is 1. The molecule has 0 aliphatic carbocycles. The van der Waals surface area contributed by atoms with Crippen molar-refractivity contribution in [2.24, 2.45) is 0 Å². The molecule has 1 aromatic carbocycles. The van der Waals surface area contributed by atoms with E-state index in [4.69, 9.17) is 4.74 Å². The van der Waals surface area contributed by atoms with Crippen LogP contribution in [0.3, 0.4) is 0 Å². The Bertz CT molecular complexity index is 636. The third-order valence-corrected chi connectivity index (χ3v) is 2.95. The molecule has 0 saturated heterocycles. The number of nitrogens with zero attached hydrogens (tertiary/aromatic N) is 1. The van der Waals surface area contributed by atoms with Crippen LogP contribution in [0.5, 0.6) is 5.75 Å². The summed E-state index contributed by atoms with van der Waals surface area (Å²) in [4.78, 5) is 16.0. The zero-order valence-electron chi connectivity index (χ0n) is 11.1. The molecule has 6 heteroatoms. The van der Waals surface area contributed by atoms with Crippen molar-refractivity contribution in [2.45, 2.75) is 12.6 Å². The van der Waals surface area contributed by atoms with Crippen molar-refractivity contribution in [3.63, 3.8) is 0 Å². The van der Waals surface area contributed by atoms with Crippen LogP contribution in [0.1, 0.15) is 21.5 Å². The van der Waals surface area contributed by atoms with E-state index in [1.807, 2.05) is 0 Å². The summed E-state index contributed by atoms with van der Waals surface area (Å²) >= 11 is 0. The first kappa shape index (κ1) is 15.0. The third kappa shape index (κ3) is 3.59. The number of Topliss-reactive ketones (excluding diaryl/α,β-unsaturated/α-hetero) is 1. The predicted octanol–water partition coefficient (Wildman–Crippen LogP) is 3.53. The Morgan fingerprint density at radius 1 is 1.19 bits per heavy atom. The number of hydrogen-bond donors (Lipinski definition) is 0. The zero-order chi connectivity index (χ0) is 15.5. The van der Waals surface area contributed by atoms with Gasteiger partial charge in [0.2, 0.25) is 0 Å². The Morgan fingerprint density at radius 3 is 2.43 bits per heavy atom. The van der Waals surface area contributed by atoms with E-state index in [-0.39, 0.29) is 12.2 Å². The fourth-order valence-electron chi connectivity index (χ4n) is 1.87. The zero-order valence-corrected chi connectivity index (χ0v) is 11.1. The van der Waals surface area contributed by atoms with E-state index >= 15 is 0 Å². The number of alkyl halides is 3. The highest BCUT2D eigenvalue weighted by Crippen LogP contribution is 2.29. The van der Waals surface area contributed by atoms with Gasteiger partial charge in [-0.2, -0.15) is 13.2 Å². The number of carbonyl (C=O) groups excluding carboxylic acids is 1. The molecule has 0 aliphatic heterocycles. The second-order valence-corrected chi connectivity index (χ2v) is 4.37. The number of methoxy groups -OCH3 is 1. The molecule has 0 radical (unpaired) electrons. The number of hydrogen-bond acceptors (Lipinski definition) is 3. The Labute approximate surface area is 119 Å². The molecular formula is C15H12F3NO2. The van der Waals surface area contributed by atoms with Crippen LogP contribution in [0.15, 0.2) is 42.7 Å². The summed E-state index contributed by atoms with van der Waals surface area (Å²) in [6, 6.07) is 6.05. The van der Waals surface area contributed by atoms with E-state index in [2.05, 4.69) is 4.98 Å². The topological polar surface area (TPSA) is 39.2 Å². The number of benzene rings is 1. The average Bonchev–Trinajstić information content (AvgIpc) is 2.46. The molecule has 1 aromatic heterocycles. The van der Waals surface area contributed by atoms with Gasteiger partial charge in [-0.25, -0.2) is 0 Å². The third-order valence-electron chi connectivity index (χ3n) is 2.95. The molecule has 0 aliphatic rings. The van der Waals surface area contributed by atoms with Gasteiger partial charge in [0.15, 0.2) is 5.78 Å². The molecule has 0 spiro atoms. The van der Waals surface area contributed by atoms with E-state index in [9.17, 15) is 18.0 Å².